The van der Waals surface area contributed by atoms with Crippen molar-refractivity contribution < 1.29 is 14.0 Å². The molecule has 0 saturated carbocycles. The molecule has 0 radical (unpaired) electrons. The van der Waals surface area contributed by atoms with Gasteiger partial charge in [-0.05, 0) is 37.3 Å². The number of rotatable bonds is 8. The zero-order chi connectivity index (χ0) is 24.1. The first kappa shape index (κ1) is 23.8. The van der Waals surface area contributed by atoms with Gasteiger partial charge in [0.25, 0.3) is 5.91 Å². The van der Waals surface area contributed by atoms with Crippen LogP contribution in [0.2, 0.25) is 5.02 Å². The van der Waals surface area contributed by atoms with Gasteiger partial charge >= 0.3 is 0 Å². The molecule has 2 aromatic carbocycles. The third-order valence-electron chi connectivity index (χ3n) is 4.40. The normalized spacial score (nSPS) is 10.8. The van der Waals surface area contributed by atoms with Crippen molar-refractivity contribution in [2.24, 2.45) is 0 Å². The molecular formula is C21H17ClFN7O2S2. The van der Waals surface area contributed by atoms with Crippen LogP contribution in [0, 0.1) is 12.7 Å². The molecule has 0 aliphatic carbocycles. The molecule has 2 aromatic heterocycles. The molecule has 0 bridgehead atoms. The Labute approximate surface area is 206 Å². The number of aryl methyl sites for hydroxylation is 1. The summed E-state index contributed by atoms with van der Waals surface area (Å²) in [5.74, 6) is -1.06. The van der Waals surface area contributed by atoms with Crippen molar-refractivity contribution >= 4 is 51.6 Å². The van der Waals surface area contributed by atoms with Crippen LogP contribution in [-0.4, -0.2) is 42.5 Å². The second-order valence-electron chi connectivity index (χ2n) is 6.84. The topological polar surface area (TPSA) is 115 Å². The molecule has 0 spiro atoms. The number of aromatic nitrogens is 5. The van der Waals surface area contributed by atoms with E-state index in [9.17, 15) is 14.0 Å². The van der Waals surface area contributed by atoms with E-state index in [2.05, 4.69) is 31.0 Å². The van der Waals surface area contributed by atoms with Gasteiger partial charge in [0, 0.05) is 5.02 Å². The highest BCUT2D eigenvalue weighted by molar-refractivity contribution is 7.99. The Bertz CT molecular complexity index is 1340. The summed E-state index contributed by atoms with van der Waals surface area (Å²) in [6.07, 6.45) is 0. The predicted octanol–water partition coefficient (Wildman–Crippen LogP) is 3.88. The highest BCUT2D eigenvalue weighted by Crippen LogP contribution is 2.24. The smallest absolute Gasteiger partial charge is 0.254 e. The Kier molecular flexibility index (Phi) is 7.50. The van der Waals surface area contributed by atoms with Gasteiger partial charge in [-0.3, -0.25) is 19.5 Å². The first-order chi connectivity index (χ1) is 16.4. The molecule has 4 aromatic rings. The first-order valence-corrected chi connectivity index (χ1v) is 12.0. The van der Waals surface area contributed by atoms with E-state index in [0.717, 1.165) is 16.8 Å². The Morgan fingerprint density at radius 2 is 1.94 bits per heavy atom. The zero-order valence-corrected chi connectivity index (χ0v) is 20.0. The lowest BCUT2D eigenvalue weighted by Crippen LogP contribution is -2.25. The van der Waals surface area contributed by atoms with Crippen molar-refractivity contribution in [3.8, 4) is 5.69 Å². The molecule has 0 aliphatic rings. The van der Waals surface area contributed by atoms with Crippen LogP contribution in [0.25, 0.3) is 5.69 Å². The molecule has 2 heterocycles. The number of thioether (sulfide) groups is 1. The highest BCUT2D eigenvalue weighted by Gasteiger charge is 2.18. The lowest BCUT2D eigenvalue weighted by atomic mass is 10.2. The minimum atomic E-state index is -0.621. The van der Waals surface area contributed by atoms with E-state index >= 15 is 0 Å². The van der Waals surface area contributed by atoms with Gasteiger partial charge in [-0.15, -0.1) is 20.4 Å². The van der Waals surface area contributed by atoms with Crippen LogP contribution in [0.3, 0.4) is 0 Å². The Morgan fingerprint density at radius 1 is 1.12 bits per heavy atom. The number of carbonyl (C=O) groups is 2. The maximum absolute atomic E-state index is 13.9. The first-order valence-electron chi connectivity index (χ1n) is 9.86. The average Bonchev–Trinajstić information content (AvgIpc) is 3.41. The summed E-state index contributed by atoms with van der Waals surface area (Å²) in [5.41, 5.74) is 0.574. The lowest BCUT2D eigenvalue weighted by Gasteiger charge is -2.11. The fourth-order valence-corrected chi connectivity index (χ4v) is 4.48. The van der Waals surface area contributed by atoms with Crippen LogP contribution >= 0.6 is 34.7 Å². The van der Waals surface area contributed by atoms with E-state index in [0.29, 0.717) is 26.8 Å². The maximum Gasteiger partial charge on any atom is 0.254 e. The molecular weight excluding hydrogens is 501 g/mol. The molecule has 2 amide bonds. The summed E-state index contributed by atoms with van der Waals surface area (Å²) in [7, 11) is 0. The molecule has 174 valence electrons. The maximum atomic E-state index is 13.9. The number of amides is 2. The average molecular weight is 518 g/mol. The minimum absolute atomic E-state index is 0.0243. The van der Waals surface area contributed by atoms with Crippen molar-refractivity contribution in [1.29, 1.82) is 0 Å². The van der Waals surface area contributed by atoms with Gasteiger partial charge < -0.3 is 5.32 Å². The van der Waals surface area contributed by atoms with E-state index in [4.69, 9.17) is 11.6 Å². The number of carbonyl (C=O) groups excluding carboxylic acids is 2. The van der Waals surface area contributed by atoms with E-state index in [1.54, 1.807) is 41.8 Å². The Balaban J connectivity index is 1.52. The molecule has 0 unspecified atom stereocenters. The van der Waals surface area contributed by atoms with Crippen molar-refractivity contribution in [2.45, 2.75) is 18.6 Å². The Hall–Kier alpha value is -3.35. The van der Waals surface area contributed by atoms with Crippen molar-refractivity contribution in [2.75, 3.05) is 11.1 Å². The zero-order valence-electron chi connectivity index (χ0n) is 17.7. The molecule has 34 heavy (non-hydrogen) atoms. The molecule has 0 atom stereocenters. The number of hydrogen-bond donors (Lipinski definition) is 2. The third kappa shape index (κ3) is 5.76. The number of nitrogens with zero attached hydrogens (tertiary/aromatic N) is 5. The molecule has 0 fully saturated rings. The van der Waals surface area contributed by atoms with Crippen LogP contribution in [0.1, 0.15) is 21.2 Å². The Morgan fingerprint density at radius 3 is 2.68 bits per heavy atom. The van der Waals surface area contributed by atoms with Gasteiger partial charge in [0.05, 0.1) is 23.5 Å². The lowest BCUT2D eigenvalue weighted by molar-refractivity contribution is -0.113. The summed E-state index contributed by atoms with van der Waals surface area (Å²) in [6, 6.07) is 12.7. The van der Waals surface area contributed by atoms with E-state index < -0.39 is 11.7 Å². The number of hydrogen-bond acceptors (Lipinski definition) is 8. The predicted molar refractivity (Wildman–Crippen MR) is 128 cm³/mol. The molecule has 2 N–H and O–H groups in total. The van der Waals surface area contributed by atoms with Crippen LogP contribution < -0.4 is 10.6 Å². The van der Waals surface area contributed by atoms with Gasteiger partial charge in [-0.1, -0.05) is 52.9 Å². The van der Waals surface area contributed by atoms with Gasteiger partial charge in [0.1, 0.15) is 10.8 Å². The van der Waals surface area contributed by atoms with E-state index in [1.165, 1.54) is 29.5 Å². The largest absolute Gasteiger partial charge is 0.345 e. The van der Waals surface area contributed by atoms with Gasteiger partial charge in [-0.2, -0.15) is 0 Å². The quantitative estimate of drug-likeness (QED) is 0.341. The summed E-state index contributed by atoms with van der Waals surface area (Å²) in [5, 5.41) is 23.5. The molecule has 0 aliphatic heterocycles. The van der Waals surface area contributed by atoms with Crippen LogP contribution in [0.4, 0.5) is 9.52 Å². The van der Waals surface area contributed by atoms with Crippen molar-refractivity contribution in [1.82, 2.24) is 30.3 Å². The second-order valence-corrected chi connectivity index (χ2v) is 9.40. The molecule has 13 heteroatoms. The standard InChI is InChI=1S/C21H17ClFN7O2S2/c1-12-26-28-20(34-12)25-18(31)11-33-21-29-27-17(30(21)14-6-4-5-13(22)9-14)10-24-19(32)15-7-2-3-8-16(15)23/h2-9H,10-11H2,1H3,(H,24,32)(H,25,28,31). The second kappa shape index (κ2) is 10.7. The molecule has 0 saturated heterocycles. The number of nitrogens with one attached hydrogen (secondary N) is 2. The van der Waals surface area contributed by atoms with Crippen LogP contribution in [-0.2, 0) is 11.3 Å². The fourth-order valence-electron chi connectivity index (χ4n) is 2.92. The summed E-state index contributed by atoms with van der Waals surface area (Å²) in [4.78, 5) is 24.8. The van der Waals surface area contributed by atoms with Gasteiger partial charge in [0.15, 0.2) is 11.0 Å². The number of halogens is 2. The van der Waals surface area contributed by atoms with Gasteiger partial charge in [0.2, 0.25) is 11.0 Å². The molecule has 9 nitrogen and oxygen atoms in total. The van der Waals surface area contributed by atoms with Crippen LogP contribution in [0.15, 0.2) is 53.7 Å². The molecule has 4 rings (SSSR count). The summed E-state index contributed by atoms with van der Waals surface area (Å²) in [6.45, 7) is 1.77. The third-order valence-corrected chi connectivity index (χ3v) is 6.32. The SMILES string of the molecule is Cc1nnc(NC(=O)CSc2nnc(CNC(=O)c3ccccc3F)n2-c2cccc(Cl)c2)s1. The summed E-state index contributed by atoms with van der Waals surface area (Å²) >= 11 is 8.59. The van der Waals surface area contributed by atoms with E-state index in [-0.39, 0.29) is 23.8 Å². The number of anilines is 1. The van der Waals surface area contributed by atoms with E-state index in [1.807, 2.05) is 0 Å². The van der Waals surface area contributed by atoms with Crippen LogP contribution in [0.5, 0.6) is 0 Å². The van der Waals surface area contributed by atoms with Gasteiger partial charge in [-0.25, -0.2) is 4.39 Å². The number of benzene rings is 2. The fraction of sp³-hybridized carbons (Fsp3) is 0.143. The highest BCUT2D eigenvalue weighted by atomic mass is 35.5. The minimum Gasteiger partial charge on any atom is -0.345 e. The van der Waals surface area contributed by atoms with Crippen molar-refractivity contribution in [3.63, 3.8) is 0 Å². The van der Waals surface area contributed by atoms with Crippen molar-refractivity contribution in [3.05, 3.63) is 75.8 Å². The summed E-state index contributed by atoms with van der Waals surface area (Å²) < 4.78 is 15.6. The monoisotopic (exact) mass is 517 g/mol.